The van der Waals surface area contributed by atoms with Crippen molar-refractivity contribution in [2.45, 2.75) is 23.8 Å². The highest BCUT2D eigenvalue weighted by Gasteiger charge is 2.23. The van der Waals surface area contributed by atoms with Crippen molar-refractivity contribution in [3.63, 3.8) is 0 Å². The summed E-state index contributed by atoms with van der Waals surface area (Å²) in [7, 11) is -3.30. The van der Waals surface area contributed by atoms with Crippen molar-refractivity contribution < 1.29 is 18.3 Å². The zero-order valence-electron chi connectivity index (χ0n) is 15.7. The summed E-state index contributed by atoms with van der Waals surface area (Å²) in [6.07, 6.45) is 3.08. The number of carbonyl (C=O) groups is 1. The molecule has 1 aromatic heterocycles. The lowest BCUT2D eigenvalue weighted by molar-refractivity contribution is 0.188. The minimum atomic E-state index is -3.30. The van der Waals surface area contributed by atoms with Crippen LogP contribution in [0.4, 0.5) is 22.1 Å². The average Bonchev–Trinajstić information content (AvgIpc) is 2.67. The van der Waals surface area contributed by atoms with E-state index in [0.29, 0.717) is 24.6 Å². The van der Waals surface area contributed by atoms with E-state index >= 15 is 0 Å². The monoisotopic (exact) mass is 416 g/mol. The highest BCUT2D eigenvalue weighted by Crippen LogP contribution is 2.24. The van der Waals surface area contributed by atoms with Gasteiger partial charge < -0.3 is 20.6 Å². The lowest BCUT2D eigenvalue weighted by Gasteiger charge is -2.33. The molecule has 0 unspecified atom stereocenters. The number of rotatable bonds is 5. The van der Waals surface area contributed by atoms with Crippen molar-refractivity contribution in [1.82, 2.24) is 15.3 Å². The smallest absolute Gasteiger partial charge is 0.404 e. The van der Waals surface area contributed by atoms with Gasteiger partial charge in [-0.25, -0.2) is 23.2 Å². The predicted molar refractivity (Wildman–Crippen MR) is 106 cm³/mol. The highest BCUT2D eigenvalue weighted by molar-refractivity contribution is 7.90. The first-order valence-electron chi connectivity index (χ1n) is 8.85. The number of amides is 1. The van der Waals surface area contributed by atoms with E-state index in [9.17, 15) is 18.5 Å². The van der Waals surface area contributed by atoms with Crippen LogP contribution < -0.4 is 15.5 Å². The third kappa shape index (κ3) is 5.11. The Kier molecular flexibility index (Phi) is 5.84. The number of aromatic nitrogens is 2. The molecule has 3 N–H and O–H groups in total. The Morgan fingerprint density at radius 1 is 1.34 bits per heavy atom. The van der Waals surface area contributed by atoms with Gasteiger partial charge in [0.25, 0.3) is 0 Å². The van der Waals surface area contributed by atoms with Crippen molar-refractivity contribution in [2.24, 2.45) is 0 Å². The predicted octanol–water partition coefficient (Wildman–Crippen LogP) is 1.73. The van der Waals surface area contributed by atoms with E-state index in [4.69, 9.17) is 5.11 Å². The number of piperidine rings is 1. The second-order valence-electron chi connectivity index (χ2n) is 6.69. The van der Waals surface area contributed by atoms with Gasteiger partial charge in [-0.2, -0.15) is 5.26 Å². The molecule has 1 aliphatic heterocycles. The molecule has 152 valence electrons. The van der Waals surface area contributed by atoms with Crippen LogP contribution in [0.25, 0.3) is 0 Å². The van der Waals surface area contributed by atoms with Gasteiger partial charge in [0.2, 0.25) is 0 Å². The molecule has 0 saturated carbocycles. The summed E-state index contributed by atoms with van der Waals surface area (Å²) in [6.45, 7) is 1.15. The topological polar surface area (TPSA) is 148 Å². The van der Waals surface area contributed by atoms with Crippen molar-refractivity contribution in [2.75, 3.05) is 29.6 Å². The normalized spacial score (nSPS) is 16.7. The van der Waals surface area contributed by atoms with Gasteiger partial charge in [0.05, 0.1) is 11.1 Å². The molecule has 0 bridgehead atoms. The molecule has 1 aliphatic rings. The summed E-state index contributed by atoms with van der Waals surface area (Å²) in [6, 6.07) is 7.86. The Labute approximate surface area is 168 Å². The van der Waals surface area contributed by atoms with E-state index in [1.165, 1.54) is 18.3 Å². The molecule has 2 heterocycles. The van der Waals surface area contributed by atoms with E-state index in [-0.39, 0.29) is 22.4 Å². The number of nitrogens with zero attached hydrogens (tertiary/aromatic N) is 4. The first-order valence-corrected chi connectivity index (χ1v) is 10.7. The quantitative estimate of drug-likeness (QED) is 0.662. The maximum absolute atomic E-state index is 11.6. The van der Waals surface area contributed by atoms with Crippen LogP contribution in [0, 0.1) is 11.3 Å². The van der Waals surface area contributed by atoms with Crippen molar-refractivity contribution in [3.05, 3.63) is 36.2 Å². The van der Waals surface area contributed by atoms with Gasteiger partial charge >= 0.3 is 6.09 Å². The molecule has 1 fully saturated rings. The SMILES string of the molecule is CS(=O)(=O)c1ccc(Nc2nc(N3CCC[C@@H](NC(=O)O)C3)cnc2C#N)cc1. The van der Waals surface area contributed by atoms with Crippen molar-refractivity contribution in [3.8, 4) is 6.07 Å². The molecule has 1 amide bonds. The fraction of sp³-hybridized carbons (Fsp3) is 0.333. The van der Waals surface area contributed by atoms with Gasteiger partial charge in [0, 0.05) is 31.1 Å². The summed E-state index contributed by atoms with van der Waals surface area (Å²) < 4.78 is 23.2. The largest absolute Gasteiger partial charge is 0.465 e. The van der Waals surface area contributed by atoms with E-state index in [0.717, 1.165) is 19.1 Å². The molecule has 0 spiro atoms. The van der Waals surface area contributed by atoms with Crippen LogP contribution in [0.15, 0.2) is 35.4 Å². The Bertz CT molecular complexity index is 1050. The third-order valence-electron chi connectivity index (χ3n) is 4.48. The average molecular weight is 416 g/mol. The molecule has 3 rings (SSSR count). The number of benzene rings is 1. The number of nitrogens with one attached hydrogen (secondary N) is 2. The summed E-state index contributed by atoms with van der Waals surface area (Å²) in [5.41, 5.74) is 0.655. The Morgan fingerprint density at radius 2 is 2.07 bits per heavy atom. The molecule has 2 aromatic rings. The molecule has 0 aliphatic carbocycles. The summed E-state index contributed by atoms with van der Waals surface area (Å²) in [4.78, 5) is 21.6. The minimum Gasteiger partial charge on any atom is -0.465 e. The van der Waals surface area contributed by atoms with Crippen LogP contribution in [0.3, 0.4) is 0 Å². The standard InChI is InChI=1S/C18H20N6O4S/c1-29(27,28)14-6-4-12(5-7-14)21-17-15(9-19)20-10-16(23-17)24-8-2-3-13(11-24)22-18(25)26/h4-7,10,13,22H,2-3,8,11H2,1H3,(H,21,23)(H,25,26)/t13-/m1/s1. The molecule has 1 saturated heterocycles. The Morgan fingerprint density at radius 3 is 2.69 bits per heavy atom. The van der Waals surface area contributed by atoms with Crippen LogP contribution in [0.2, 0.25) is 0 Å². The van der Waals surface area contributed by atoms with Crippen LogP contribution >= 0.6 is 0 Å². The zero-order valence-corrected chi connectivity index (χ0v) is 16.5. The number of anilines is 3. The highest BCUT2D eigenvalue weighted by atomic mass is 32.2. The number of nitriles is 1. The number of sulfone groups is 1. The molecule has 0 radical (unpaired) electrons. The first-order chi connectivity index (χ1) is 13.8. The maximum atomic E-state index is 11.6. The van der Waals surface area contributed by atoms with E-state index in [2.05, 4.69) is 20.6 Å². The van der Waals surface area contributed by atoms with Crippen molar-refractivity contribution in [1.29, 1.82) is 5.26 Å². The van der Waals surface area contributed by atoms with E-state index in [1.807, 2.05) is 11.0 Å². The van der Waals surface area contributed by atoms with Crippen LogP contribution in [0.1, 0.15) is 18.5 Å². The van der Waals surface area contributed by atoms with Gasteiger partial charge in [-0.1, -0.05) is 0 Å². The fourth-order valence-corrected chi connectivity index (χ4v) is 3.73. The fourth-order valence-electron chi connectivity index (χ4n) is 3.10. The number of carboxylic acid groups (broad SMARTS) is 1. The van der Waals surface area contributed by atoms with Gasteiger partial charge in [-0.15, -0.1) is 0 Å². The first kappa shape index (κ1) is 20.3. The Hall–Kier alpha value is -3.39. The van der Waals surface area contributed by atoms with Crippen molar-refractivity contribution >= 4 is 33.3 Å². The summed E-state index contributed by atoms with van der Waals surface area (Å²) in [5, 5.41) is 23.7. The molecule has 10 nitrogen and oxygen atoms in total. The molecular formula is C18H20N6O4S. The zero-order chi connectivity index (χ0) is 21.0. The molecule has 1 atom stereocenters. The van der Waals surface area contributed by atoms with Gasteiger partial charge in [0.15, 0.2) is 21.3 Å². The van der Waals surface area contributed by atoms with E-state index in [1.54, 1.807) is 12.1 Å². The van der Waals surface area contributed by atoms with Gasteiger partial charge in [0.1, 0.15) is 11.9 Å². The number of hydrogen-bond acceptors (Lipinski definition) is 8. The minimum absolute atomic E-state index is 0.0955. The summed E-state index contributed by atoms with van der Waals surface area (Å²) >= 11 is 0. The molecule has 29 heavy (non-hydrogen) atoms. The van der Waals surface area contributed by atoms with E-state index < -0.39 is 15.9 Å². The summed E-state index contributed by atoms with van der Waals surface area (Å²) in [5.74, 6) is 0.765. The second kappa shape index (κ2) is 8.32. The van der Waals surface area contributed by atoms with Gasteiger partial charge in [-0.05, 0) is 37.1 Å². The maximum Gasteiger partial charge on any atom is 0.404 e. The number of hydrogen-bond donors (Lipinski definition) is 3. The second-order valence-corrected chi connectivity index (χ2v) is 8.71. The van der Waals surface area contributed by atoms with Crippen LogP contribution in [-0.4, -0.2) is 55.0 Å². The molecule has 1 aromatic carbocycles. The molecular weight excluding hydrogens is 396 g/mol. The van der Waals surface area contributed by atoms with Crippen LogP contribution in [0.5, 0.6) is 0 Å². The lowest BCUT2D eigenvalue weighted by atomic mass is 10.1. The van der Waals surface area contributed by atoms with Gasteiger partial charge in [-0.3, -0.25) is 0 Å². The Balaban J connectivity index is 1.82. The third-order valence-corrected chi connectivity index (χ3v) is 5.61. The molecule has 11 heteroatoms. The lowest BCUT2D eigenvalue weighted by Crippen LogP contribution is -2.47. The van der Waals surface area contributed by atoms with Crippen LogP contribution in [-0.2, 0) is 9.84 Å².